The Balaban J connectivity index is 3.00. The zero-order valence-corrected chi connectivity index (χ0v) is 6.59. The van der Waals surface area contributed by atoms with Gasteiger partial charge in [-0.1, -0.05) is 12.1 Å². The summed E-state index contributed by atoms with van der Waals surface area (Å²) in [5, 5.41) is 9.30. The predicted octanol–water partition coefficient (Wildman–Crippen LogP) is 2.82. The maximum absolute atomic E-state index is 13.1. The van der Waals surface area contributed by atoms with E-state index >= 15 is 0 Å². The van der Waals surface area contributed by atoms with E-state index < -0.39 is 11.6 Å². The van der Waals surface area contributed by atoms with E-state index in [9.17, 15) is 13.9 Å². The molecule has 0 bridgehead atoms. The van der Waals surface area contributed by atoms with Crippen LogP contribution in [0.15, 0.2) is 30.3 Å². The summed E-state index contributed by atoms with van der Waals surface area (Å²) in [5.74, 6) is -1.39. The summed E-state index contributed by atoms with van der Waals surface area (Å²) in [6.45, 7) is 0. The molecule has 0 aliphatic carbocycles. The molecule has 2 aromatic carbocycles. The number of rotatable bonds is 0. The minimum absolute atomic E-state index is 0.0671. The molecule has 0 aliphatic heterocycles. The van der Waals surface area contributed by atoms with Crippen molar-refractivity contribution in [1.29, 1.82) is 0 Å². The summed E-state index contributed by atoms with van der Waals surface area (Å²) in [6, 6.07) is 6.26. The van der Waals surface area contributed by atoms with Gasteiger partial charge in [0.05, 0.1) is 5.39 Å². The van der Waals surface area contributed by atoms with Gasteiger partial charge in [0.25, 0.3) is 0 Å². The Morgan fingerprint density at radius 3 is 2.38 bits per heavy atom. The fourth-order valence-electron chi connectivity index (χ4n) is 1.31. The first kappa shape index (κ1) is 7.98. The molecule has 0 heterocycles. The van der Waals surface area contributed by atoms with Gasteiger partial charge in [0.1, 0.15) is 17.4 Å². The van der Waals surface area contributed by atoms with Crippen LogP contribution in [0, 0.1) is 11.6 Å². The van der Waals surface area contributed by atoms with Crippen LogP contribution >= 0.6 is 0 Å². The first-order chi connectivity index (χ1) is 6.20. The Morgan fingerprint density at radius 1 is 0.923 bits per heavy atom. The fourth-order valence-corrected chi connectivity index (χ4v) is 1.31. The number of hydrogen-bond acceptors (Lipinski definition) is 1. The zero-order chi connectivity index (χ0) is 9.42. The predicted molar refractivity (Wildman–Crippen MR) is 45.5 cm³/mol. The summed E-state index contributed by atoms with van der Waals surface area (Å²) in [7, 11) is 0. The highest BCUT2D eigenvalue weighted by Crippen LogP contribution is 2.28. The van der Waals surface area contributed by atoms with Crippen molar-refractivity contribution in [3.63, 3.8) is 0 Å². The number of aromatic hydroxyl groups is 1. The molecule has 13 heavy (non-hydrogen) atoms. The van der Waals surface area contributed by atoms with Crippen LogP contribution in [0.25, 0.3) is 10.8 Å². The molecule has 1 nitrogen and oxygen atoms in total. The SMILES string of the molecule is Oc1ccc(F)c2cccc(F)c12. The molecule has 66 valence electrons. The molecule has 2 aromatic rings. The largest absolute Gasteiger partial charge is 0.507 e. The Bertz CT molecular complexity index is 457. The molecule has 0 aliphatic rings. The number of benzene rings is 2. The maximum atomic E-state index is 13.1. The van der Waals surface area contributed by atoms with Crippen LogP contribution in [0.4, 0.5) is 8.78 Å². The van der Waals surface area contributed by atoms with Crippen molar-refractivity contribution in [3.05, 3.63) is 42.0 Å². The van der Waals surface area contributed by atoms with Crippen LogP contribution in [0.5, 0.6) is 5.75 Å². The van der Waals surface area contributed by atoms with E-state index in [1.54, 1.807) is 0 Å². The monoisotopic (exact) mass is 180 g/mol. The van der Waals surface area contributed by atoms with Crippen LogP contribution in [-0.2, 0) is 0 Å². The molecular formula is C10H6F2O. The molecule has 0 aromatic heterocycles. The third-order valence-corrected chi connectivity index (χ3v) is 1.91. The molecule has 0 radical (unpaired) electrons. The summed E-state index contributed by atoms with van der Waals surface area (Å²) >= 11 is 0. The molecule has 0 saturated heterocycles. The van der Waals surface area contributed by atoms with Gasteiger partial charge in [-0.3, -0.25) is 0 Å². The quantitative estimate of drug-likeness (QED) is 0.660. The molecule has 0 unspecified atom stereocenters. The van der Waals surface area contributed by atoms with Gasteiger partial charge >= 0.3 is 0 Å². The van der Waals surface area contributed by atoms with Crippen molar-refractivity contribution in [1.82, 2.24) is 0 Å². The van der Waals surface area contributed by atoms with Crippen LogP contribution < -0.4 is 0 Å². The molecule has 0 amide bonds. The lowest BCUT2D eigenvalue weighted by molar-refractivity contribution is 0.477. The smallest absolute Gasteiger partial charge is 0.134 e. The maximum Gasteiger partial charge on any atom is 0.134 e. The van der Waals surface area contributed by atoms with Crippen LogP contribution in [0.3, 0.4) is 0 Å². The summed E-state index contributed by atoms with van der Waals surface area (Å²) in [6.07, 6.45) is 0. The third-order valence-electron chi connectivity index (χ3n) is 1.91. The lowest BCUT2D eigenvalue weighted by atomic mass is 10.1. The Hall–Kier alpha value is -1.64. The zero-order valence-electron chi connectivity index (χ0n) is 6.59. The second kappa shape index (κ2) is 2.69. The molecule has 0 saturated carbocycles. The first-order valence-corrected chi connectivity index (χ1v) is 3.76. The molecular weight excluding hydrogens is 174 g/mol. The van der Waals surface area contributed by atoms with Gasteiger partial charge in [-0.25, -0.2) is 8.78 Å². The third kappa shape index (κ3) is 1.13. The molecule has 0 fully saturated rings. The summed E-state index contributed by atoms with van der Waals surface area (Å²) in [5.41, 5.74) is 0. The molecule has 1 N–H and O–H groups in total. The molecule has 2 rings (SSSR count). The first-order valence-electron chi connectivity index (χ1n) is 3.76. The minimum Gasteiger partial charge on any atom is -0.507 e. The van der Waals surface area contributed by atoms with E-state index in [-0.39, 0.29) is 16.5 Å². The topological polar surface area (TPSA) is 20.2 Å². The van der Waals surface area contributed by atoms with Crippen molar-refractivity contribution in [3.8, 4) is 5.75 Å². The fraction of sp³-hybridized carbons (Fsp3) is 0. The van der Waals surface area contributed by atoms with Gasteiger partial charge in [0.15, 0.2) is 0 Å². The van der Waals surface area contributed by atoms with Crippen molar-refractivity contribution >= 4 is 10.8 Å². The van der Waals surface area contributed by atoms with Crippen molar-refractivity contribution < 1.29 is 13.9 Å². The normalized spacial score (nSPS) is 10.6. The Morgan fingerprint density at radius 2 is 1.69 bits per heavy atom. The summed E-state index contributed by atoms with van der Waals surface area (Å²) in [4.78, 5) is 0. The average Bonchev–Trinajstić information content (AvgIpc) is 2.12. The minimum atomic E-state index is -0.616. The van der Waals surface area contributed by atoms with Gasteiger partial charge in [0, 0.05) is 5.39 Å². The lowest BCUT2D eigenvalue weighted by Gasteiger charge is -2.02. The van der Waals surface area contributed by atoms with E-state index in [1.165, 1.54) is 18.2 Å². The van der Waals surface area contributed by atoms with Gasteiger partial charge in [0.2, 0.25) is 0 Å². The van der Waals surface area contributed by atoms with Gasteiger partial charge in [-0.2, -0.15) is 0 Å². The van der Waals surface area contributed by atoms with E-state index in [1.807, 2.05) is 0 Å². The number of halogens is 2. The number of hydrogen-bond donors (Lipinski definition) is 1. The van der Waals surface area contributed by atoms with Gasteiger partial charge in [-0.15, -0.1) is 0 Å². The van der Waals surface area contributed by atoms with E-state index in [2.05, 4.69) is 0 Å². The highest BCUT2D eigenvalue weighted by Gasteiger charge is 2.08. The second-order valence-corrected chi connectivity index (χ2v) is 2.73. The van der Waals surface area contributed by atoms with Gasteiger partial charge < -0.3 is 5.11 Å². The molecule has 0 atom stereocenters. The number of fused-ring (bicyclic) bond motifs is 1. The van der Waals surface area contributed by atoms with Crippen LogP contribution in [0.1, 0.15) is 0 Å². The molecule has 3 heteroatoms. The van der Waals surface area contributed by atoms with Gasteiger partial charge in [-0.05, 0) is 18.2 Å². The van der Waals surface area contributed by atoms with Crippen molar-refractivity contribution in [2.45, 2.75) is 0 Å². The van der Waals surface area contributed by atoms with E-state index in [0.717, 1.165) is 12.1 Å². The van der Waals surface area contributed by atoms with E-state index in [4.69, 9.17) is 0 Å². The van der Waals surface area contributed by atoms with Crippen molar-refractivity contribution in [2.75, 3.05) is 0 Å². The number of phenolic OH excluding ortho intramolecular Hbond substituents is 1. The number of phenols is 1. The Labute approximate surface area is 73.2 Å². The lowest BCUT2D eigenvalue weighted by Crippen LogP contribution is -1.83. The standard InChI is InChI=1S/C10H6F2O/c11-7-4-5-9(13)10-6(7)2-1-3-8(10)12/h1-5,13H. The average molecular weight is 180 g/mol. The van der Waals surface area contributed by atoms with Crippen molar-refractivity contribution in [2.24, 2.45) is 0 Å². The van der Waals surface area contributed by atoms with Crippen LogP contribution in [-0.4, -0.2) is 5.11 Å². The second-order valence-electron chi connectivity index (χ2n) is 2.73. The van der Waals surface area contributed by atoms with E-state index in [0.29, 0.717) is 0 Å². The Kier molecular flexibility index (Phi) is 1.65. The summed E-state index contributed by atoms with van der Waals surface area (Å²) < 4.78 is 26.2. The molecule has 0 spiro atoms. The van der Waals surface area contributed by atoms with Crippen LogP contribution in [0.2, 0.25) is 0 Å². The highest BCUT2D eigenvalue weighted by atomic mass is 19.1. The highest BCUT2D eigenvalue weighted by molar-refractivity contribution is 5.89.